The number of hydrogen-bond acceptors (Lipinski definition) is 3. The monoisotopic (exact) mass is 204 g/mol. The van der Waals surface area contributed by atoms with Crippen LogP contribution in [0.5, 0.6) is 0 Å². The highest BCUT2D eigenvalue weighted by atomic mass is 16.1. The van der Waals surface area contributed by atoms with Crippen molar-refractivity contribution in [3.8, 4) is 5.82 Å². The standard InChI is InChI=1S/C10H12N4O/c1-7-9(11)10(15)14(13(7)2)8-5-3-4-6-12-8/h3-6H,11H2,1-2H3. The van der Waals surface area contributed by atoms with Crippen molar-refractivity contribution < 1.29 is 0 Å². The Kier molecular flexibility index (Phi) is 2.07. The second-order valence-electron chi connectivity index (χ2n) is 3.33. The Hall–Kier alpha value is -2.04. The molecule has 5 nitrogen and oxygen atoms in total. The van der Waals surface area contributed by atoms with E-state index in [0.717, 1.165) is 5.69 Å². The summed E-state index contributed by atoms with van der Waals surface area (Å²) in [7, 11) is 1.78. The Morgan fingerprint density at radius 3 is 2.60 bits per heavy atom. The lowest BCUT2D eigenvalue weighted by Gasteiger charge is -2.05. The summed E-state index contributed by atoms with van der Waals surface area (Å²) >= 11 is 0. The van der Waals surface area contributed by atoms with Gasteiger partial charge in [0.1, 0.15) is 5.69 Å². The molecule has 0 radical (unpaired) electrons. The van der Waals surface area contributed by atoms with Gasteiger partial charge in [0.05, 0.1) is 5.69 Å². The van der Waals surface area contributed by atoms with E-state index in [0.29, 0.717) is 5.82 Å². The number of pyridine rings is 1. The Morgan fingerprint density at radius 2 is 2.13 bits per heavy atom. The van der Waals surface area contributed by atoms with E-state index in [1.54, 1.807) is 37.0 Å². The van der Waals surface area contributed by atoms with E-state index in [-0.39, 0.29) is 11.2 Å². The fourth-order valence-electron chi connectivity index (χ4n) is 1.47. The molecule has 5 heteroatoms. The smallest absolute Gasteiger partial charge is 0.296 e. The van der Waals surface area contributed by atoms with Crippen LogP contribution in [0.25, 0.3) is 5.82 Å². The molecule has 0 aliphatic rings. The van der Waals surface area contributed by atoms with E-state index in [4.69, 9.17) is 5.73 Å². The van der Waals surface area contributed by atoms with Gasteiger partial charge in [0.25, 0.3) is 5.56 Å². The third kappa shape index (κ3) is 1.32. The number of hydrogen-bond donors (Lipinski definition) is 1. The van der Waals surface area contributed by atoms with Gasteiger partial charge in [-0.3, -0.25) is 9.48 Å². The molecule has 0 atom stereocenters. The minimum absolute atomic E-state index is 0.228. The van der Waals surface area contributed by atoms with Crippen LogP contribution in [0.1, 0.15) is 5.69 Å². The number of nitrogen functional groups attached to an aromatic ring is 1. The minimum Gasteiger partial charge on any atom is -0.393 e. The Balaban J connectivity index is 2.75. The van der Waals surface area contributed by atoms with Crippen molar-refractivity contribution in [2.75, 3.05) is 5.73 Å². The minimum atomic E-state index is -0.228. The molecule has 15 heavy (non-hydrogen) atoms. The van der Waals surface area contributed by atoms with Gasteiger partial charge in [0.15, 0.2) is 5.82 Å². The van der Waals surface area contributed by atoms with Crippen molar-refractivity contribution >= 4 is 5.69 Å². The molecule has 0 bridgehead atoms. The van der Waals surface area contributed by atoms with Gasteiger partial charge in [-0.1, -0.05) is 6.07 Å². The molecule has 2 rings (SSSR count). The molecule has 2 aromatic rings. The average molecular weight is 204 g/mol. The molecule has 0 saturated carbocycles. The van der Waals surface area contributed by atoms with E-state index in [1.807, 2.05) is 6.07 Å². The predicted octanol–water partition coefficient (Wildman–Crippen LogP) is 0.462. The topological polar surface area (TPSA) is 65.8 Å². The van der Waals surface area contributed by atoms with Crippen molar-refractivity contribution in [3.63, 3.8) is 0 Å². The van der Waals surface area contributed by atoms with E-state index in [2.05, 4.69) is 4.98 Å². The average Bonchev–Trinajstić information content (AvgIpc) is 2.45. The van der Waals surface area contributed by atoms with Crippen LogP contribution in [0.15, 0.2) is 29.2 Å². The van der Waals surface area contributed by atoms with Gasteiger partial charge in [-0.15, -0.1) is 0 Å². The zero-order valence-electron chi connectivity index (χ0n) is 8.64. The Bertz CT molecular complexity index is 539. The first-order chi connectivity index (χ1) is 7.13. The largest absolute Gasteiger partial charge is 0.393 e. The zero-order valence-corrected chi connectivity index (χ0v) is 8.64. The van der Waals surface area contributed by atoms with Crippen molar-refractivity contribution in [1.82, 2.24) is 14.3 Å². The molecule has 0 aromatic carbocycles. The summed E-state index contributed by atoms with van der Waals surface area (Å²) in [6.45, 7) is 1.80. The zero-order chi connectivity index (χ0) is 11.0. The fourth-order valence-corrected chi connectivity index (χ4v) is 1.47. The molecular weight excluding hydrogens is 192 g/mol. The first kappa shape index (κ1) is 9.51. The molecule has 0 fully saturated rings. The van der Waals surface area contributed by atoms with Gasteiger partial charge < -0.3 is 5.73 Å². The molecule has 0 unspecified atom stereocenters. The number of aromatic nitrogens is 3. The van der Waals surface area contributed by atoms with Crippen molar-refractivity contribution in [2.45, 2.75) is 6.92 Å². The van der Waals surface area contributed by atoms with Gasteiger partial charge in [-0.05, 0) is 19.1 Å². The first-order valence-electron chi connectivity index (χ1n) is 4.58. The van der Waals surface area contributed by atoms with Crippen LogP contribution in [0.3, 0.4) is 0 Å². The summed E-state index contributed by atoms with van der Waals surface area (Å²) < 4.78 is 3.14. The lowest BCUT2D eigenvalue weighted by atomic mass is 10.4. The molecule has 0 spiro atoms. The normalized spacial score (nSPS) is 10.5. The van der Waals surface area contributed by atoms with Crippen LogP contribution in [0, 0.1) is 6.92 Å². The first-order valence-corrected chi connectivity index (χ1v) is 4.58. The van der Waals surface area contributed by atoms with Crippen LogP contribution in [0.4, 0.5) is 5.69 Å². The predicted molar refractivity (Wildman–Crippen MR) is 58.0 cm³/mol. The summed E-state index contributed by atoms with van der Waals surface area (Å²) in [6, 6.07) is 5.39. The summed E-state index contributed by atoms with van der Waals surface area (Å²) in [5.74, 6) is 0.574. The van der Waals surface area contributed by atoms with E-state index in [1.165, 1.54) is 4.68 Å². The van der Waals surface area contributed by atoms with Crippen LogP contribution < -0.4 is 11.3 Å². The number of anilines is 1. The third-order valence-electron chi connectivity index (χ3n) is 2.46. The van der Waals surface area contributed by atoms with Crippen molar-refractivity contribution in [3.05, 3.63) is 40.4 Å². The van der Waals surface area contributed by atoms with Gasteiger partial charge >= 0.3 is 0 Å². The summed E-state index contributed by atoms with van der Waals surface area (Å²) in [5, 5.41) is 0. The van der Waals surface area contributed by atoms with Gasteiger partial charge in [-0.25, -0.2) is 4.98 Å². The second kappa shape index (κ2) is 3.27. The number of nitrogens with zero attached hydrogens (tertiary/aromatic N) is 3. The molecule has 2 heterocycles. The third-order valence-corrected chi connectivity index (χ3v) is 2.46. The molecule has 78 valence electrons. The van der Waals surface area contributed by atoms with Crippen molar-refractivity contribution in [1.29, 1.82) is 0 Å². The molecular formula is C10H12N4O. The van der Waals surface area contributed by atoms with Gasteiger partial charge in [0.2, 0.25) is 0 Å². The molecule has 0 saturated heterocycles. The highest BCUT2D eigenvalue weighted by molar-refractivity contribution is 5.43. The van der Waals surface area contributed by atoms with Crippen LogP contribution in [-0.4, -0.2) is 14.3 Å². The maximum atomic E-state index is 11.8. The molecule has 2 N–H and O–H groups in total. The molecule has 0 amide bonds. The van der Waals surface area contributed by atoms with Crippen LogP contribution in [-0.2, 0) is 7.05 Å². The highest BCUT2D eigenvalue weighted by Crippen LogP contribution is 2.08. The highest BCUT2D eigenvalue weighted by Gasteiger charge is 2.13. The van der Waals surface area contributed by atoms with Gasteiger partial charge in [-0.2, -0.15) is 4.68 Å². The van der Waals surface area contributed by atoms with Crippen LogP contribution in [0.2, 0.25) is 0 Å². The Labute approximate surface area is 86.8 Å². The quantitative estimate of drug-likeness (QED) is 0.734. The lowest BCUT2D eigenvalue weighted by Crippen LogP contribution is -2.21. The van der Waals surface area contributed by atoms with Gasteiger partial charge in [0, 0.05) is 13.2 Å². The second-order valence-corrected chi connectivity index (χ2v) is 3.33. The SMILES string of the molecule is Cc1c(N)c(=O)n(-c2ccccn2)n1C. The van der Waals surface area contributed by atoms with E-state index < -0.39 is 0 Å². The molecule has 2 aromatic heterocycles. The summed E-state index contributed by atoms with van der Waals surface area (Å²) in [5.41, 5.74) is 6.44. The summed E-state index contributed by atoms with van der Waals surface area (Å²) in [4.78, 5) is 15.9. The number of nitrogens with two attached hydrogens (primary N) is 1. The summed E-state index contributed by atoms with van der Waals surface area (Å²) in [6.07, 6.45) is 1.64. The van der Waals surface area contributed by atoms with E-state index >= 15 is 0 Å². The molecule has 0 aliphatic heterocycles. The fraction of sp³-hybridized carbons (Fsp3) is 0.200. The maximum absolute atomic E-state index is 11.8. The molecule has 0 aliphatic carbocycles. The number of rotatable bonds is 1. The van der Waals surface area contributed by atoms with Crippen molar-refractivity contribution in [2.24, 2.45) is 7.05 Å². The Morgan fingerprint density at radius 1 is 1.40 bits per heavy atom. The van der Waals surface area contributed by atoms with E-state index in [9.17, 15) is 4.79 Å². The lowest BCUT2D eigenvalue weighted by molar-refractivity contribution is 0.618. The van der Waals surface area contributed by atoms with Crippen LogP contribution >= 0.6 is 0 Å². The maximum Gasteiger partial charge on any atom is 0.296 e.